The third-order valence-corrected chi connectivity index (χ3v) is 3.67. The Balaban J connectivity index is 2.09. The first-order valence-corrected chi connectivity index (χ1v) is 7.37. The van der Waals surface area contributed by atoms with Gasteiger partial charge >= 0.3 is 6.36 Å². The van der Waals surface area contributed by atoms with Gasteiger partial charge in [0.05, 0.1) is 10.2 Å². The molecule has 0 aliphatic carbocycles. The molecule has 1 aromatic heterocycles. The van der Waals surface area contributed by atoms with Crippen molar-refractivity contribution in [2.45, 2.75) is 26.1 Å². The summed E-state index contributed by atoms with van der Waals surface area (Å²) in [7, 11) is 0. The molecule has 0 spiro atoms. The van der Waals surface area contributed by atoms with Gasteiger partial charge in [0.25, 0.3) is 5.91 Å². The largest absolute Gasteiger partial charge is 0.573 e. The third-order valence-electron chi connectivity index (χ3n) is 2.87. The Morgan fingerprint density at radius 1 is 1.30 bits per heavy atom. The van der Waals surface area contributed by atoms with Crippen LogP contribution in [0.4, 0.5) is 18.9 Å². The van der Waals surface area contributed by atoms with Crippen LogP contribution in [0.15, 0.2) is 28.7 Å². The minimum absolute atomic E-state index is 0.150. The lowest BCUT2D eigenvalue weighted by molar-refractivity contribution is -0.274. The van der Waals surface area contributed by atoms with Gasteiger partial charge in [-0.25, -0.2) is 0 Å². The Morgan fingerprint density at radius 2 is 1.91 bits per heavy atom. The highest BCUT2D eigenvalue weighted by Crippen LogP contribution is 2.27. The molecule has 0 aliphatic heterocycles. The van der Waals surface area contributed by atoms with Gasteiger partial charge in [-0.05, 0) is 46.1 Å². The van der Waals surface area contributed by atoms with E-state index in [1.807, 2.05) is 13.8 Å². The Bertz CT molecular complexity index is 696. The van der Waals surface area contributed by atoms with Crippen LogP contribution in [0, 0.1) is 0 Å². The highest BCUT2D eigenvalue weighted by Gasteiger charge is 2.31. The molecule has 0 unspecified atom stereocenters. The van der Waals surface area contributed by atoms with E-state index in [1.54, 1.807) is 0 Å². The summed E-state index contributed by atoms with van der Waals surface area (Å²) in [5, 5.41) is 9.27. The molecule has 9 heteroatoms. The predicted molar refractivity (Wildman–Crippen MR) is 81.5 cm³/mol. The van der Waals surface area contributed by atoms with Crippen molar-refractivity contribution in [1.82, 2.24) is 10.2 Å². The van der Waals surface area contributed by atoms with E-state index in [4.69, 9.17) is 0 Å². The highest BCUT2D eigenvalue weighted by molar-refractivity contribution is 9.10. The number of halogens is 4. The number of nitrogens with zero attached hydrogens (tertiary/aromatic N) is 1. The van der Waals surface area contributed by atoms with Crippen molar-refractivity contribution in [3.63, 3.8) is 0 Å². The molecular weight excluding hydrogens is 379 g/mol. The molecule has 0 saturated heterocycles. The Morgan fingerprint density at radius 3 is 2.39 bits per heavy atom. The lowest BCUT2D eigenvalue weighted by atomic mass is 10.1. The van der Waals surface area contributed by atoms with Gasteiger partial charge in [-0.3, -0.25) is 9.89 Å². The van der Waals surface area contributed by atoms with Gasteiger partial charge in [0.1, 0.15) is 5.75 Å². The van der Waals surface area contributed by atoms with Crippen molar-refractivity contribution < 1.29 is 22.7 Å². The normalized spacial score (nSPS) is 11.6. The second-order valence-corrected chi connectivity index (χ2v) is 5.77. The molecule has 0 atom stereocenters. The molecule has 0 radical (unpaired) electrons. The fourth-order valence-corrected chi connectivity index (χ4v) is 2.62. The number of amides is 1. The first kappa shape index (κ1) is 17.3. The van der Waals surface area contributed by atoms with E-state index >= 15 is 0 Å². The predicted octanol–water partition coefficient (Wildman–Crippen LogP) is 4.45. The van der Waals surface area contributed by atoms with Crippen molar-refractivity contribution in [3.8, 4) is 5.75 Å². The Kier molecular flexibility index (Phi) is 4.98. The summed E-state index contributed by atoms with van der Waals surface area (Å²) in [5.74, 6) is -0.694. The van der Waals surface area contributed by atoms with E-state index in [0.29, 0.717) is 10.2 Å². The maximum Gasteiger partial charge on any atom is 0.573 e. The van der Waals surface area contributed by atoms with Crippen LogP contribution < -0.4 is 10.1 Å². The minimum Gasteiger partial charge on any atom is -0.406 e. The van der Waals surface area contributed by atoms with E-state index in [0.717, 1.165) is 17.8 Å². The van der Waals surface area contributed by atoms with E-state index in [2.05, 4.69) is 36.2 Å². The van der Waals surface area contributed by atoms with Crippen LogP contribution in [-0.2, 0) is 0 Å². The zero-order chi connectivity index (χ0) is 17.2. The van der Waals surface area contributed by atoms with Crippen molar-refractivity contribution in [3.05, 3.63) is 40.1 Å². The molecule has 124 valence electrons. The third kappa shape index (κ3) is 4.47. The number of benzene rings is 1. The van der Waals surface area contributed by atoms with Gasteiger partial charge in [-0.2, -0.15) is 5.10 Å². The molecule has 1 amide bonds. The number of hydrogen-bond acceptors (Lipinski definition) is 3. The zero-order valence-corrected chi connectivity index (χ0v) is 13.7. The molecule has 5 nitrogen and oxygen atoms in total. The van der Waals surface area contributed by atoms with Gasteiger partial charge < -0.3 is 10.1 Å². The van der Waals surface area contributed by atoms with Gasteiger partial charge in [0.2, 0.25) is 0 Å². The number of carbonyl (C=O) groups is 1. The minimum atomic E-state index is -4.75. The number of aromatic nitrogens is 2. The summed E-state index contributed by atoms with van der Waals surface area (Å²) in [6.07, 6.45) is -4.75. The monoisotopic (exact) mass is 391 g/mol. The molecule has 0 bridgehead atoms. The van der Waals surface area contributed by atoms with Crippen LogP contribution in [0.1, 0.15) is 35.9 Å². The molecular formula is C14H13BrF3N3O2. The summed E-state index contributed by atoms with van der Waals surface area (Å²) in [6, 6.07) is 4.84. The van der Waals surface area contributed by atoms with Crippen LogP contribution in [0.2, 0.25) is 0 Å². The summed E-state index contributed by atoms with van der Waals surface area (Å²) in [5.41, 5.74) is 1.28. The molecule has 1 heterocycles. The number of ether oxygens (including phenoxy) is 1. The molecule has 0 fully saturated rings. The van der Waals surface area contributed by atoms with Crippen LogP contribution in [0.5, 0.6) is 5.75 Å². The van der Waals surface area contributed by atoms with E-state index in [-0.39, 0.29) is 17.4 Å². The fraction of sp³-hybridized carbons (Fsp3) is 0.286. The lowest BCUT2D eigenvalue weighted by Crippen LogP contribution is -2.17. The summed E-state index contributed by atoms with van der Waals surface area (Å²) >= 11 is 3.31. The second-order valence-electron chi connectivity index (χ2n) is 4.98. The van der Waals surface area contributed by atoms with Crippen LogP contribution in [0.25, 0.3) is 0 Å². The van der Waals surface area contributed by atoms with Crippen molar-refractivity contribution in [2.75, 3.05) is 5.32 Å². The van der Waals surface area contributed by atoms with Gasteiger partial charge in [0, 0.05) is 5.69 Å². The van der Waals surface area contributed by atoms with Gasteiger partial charge in [0.15, 0.2) is 5.69 Å². The van der Waals surface area contributed by atoms with Crippen molar-refractivity contribution in [2.24, 2.45) is 0 Å². The zero-order valence-electron chi connectivity index (χ0n) is 12.2. The highest BCUT2D eigenvalue weighted by atomic mass is 79.9. The Hall–Kier alpha value is -2.03. The summed E-state index contributed by atoms with van der Waals surface area (Å²) in [4.78, 5) is 12.1. The number of carbonyl (C=O) groups excluding carboxylic acids is 1. The first-order chi connectivity index (χ1) is 10.7. The SMILES string of the molecule is CC(C)c1[nH]nc(C(=O)Nc2ccc(OC(F)(F)F)cc2)c1Br. The maximum absolute atomic E-state index is 12.1. The van der Waals surface area contributed by atoms with E-state index in [1.165, 1.54) is 12.1 Å². The van der Waals surface area contributed by atoms with Crippen LogP contribution in [0.3, 0.4) is 0 Å². The number of H-pyrrole nitrogens is 1. The number of aromatic amines is 1. The number of hydrogen-bond donors (Lipinski definition) is 2. The maximum atomic E-state index is 12.1. The molecule has 2 N–H and O–H groups in total. The number of anilines is 1. The van der Waals surface area contributed by atoms with Crippen LogP contribution in [-0.4, -0.2) is 22.5 Å². The standard InChI is InChI=1S/C14H13BrF3N3O2/c1-7(2)11-10(15)12(21-20-11)13(22)19-8-3-5-9(6-4-8)23-14(16,17)18/h3-7H,1-2H3,(H,19,22)(H,20,21). The molecule has 1 aromatic carbocycles. The fourth-order valence-electron chi connectivity index (χ4n) is 1.81. The smallest absolute Gasteiger partial charge is 0.406 e. The second kappa shape index (κ2) is 6.61. The Labute approximate surface area is 138 Å². The first-order valence-electron chi connectivity index (χ1n) is 6.58. The quantitative estimate of drug-likeness (QED) is 0.808. The average Bonchev–Trinajstić information content (AvgIpc) is 2.81. The topological polar surface area (TPSA) is 67.0 Å². The van der Waals surface area contributed by atoms with E-state index < -0.39 is 12.3 Å². The number of nitrogens with one attached hydrogen (secondary N) is 2. The van der Waals surface area contributed by atoms with Crippen LogP contribution >= 0.6 is 15.9 Å². The van der Waals surface area contributed by atoms with Crippen molar-refractivity contribution >= 4 is 27.5 Å². The molecule has 23 heavy (non-hydrogen) atoms. The average molecular weight is 392 g/mol. The van der Waals surface area contributed by atoms with Crippen molar-refractivity contribution in [1.29, 1.82) is 0 Å². The molecule has 2 aromatic rings. The van der Waals surface area contributed by atoms with Gasteiger partial charge in [-0.15, -0.1) is 13.2 Å². The van der Waals surface area contributed by atoms with E-state index in [9.17, 15) is 18.0 Å². The summed E-state index contributed by atoms with van der Waals surface area (Å²) in [6.45, 7) is 3.89. The number of alkyl halides is 3. The lowest BCUT2D eigenvalue weighted by Gasteiger charge is -2.09. The molecule has 0 aliphatic rings. The summed E-state index contributed by atoms with van der Waals surface area (Å²) < 4.78 is 40.5. The molecule has 2 rings (SSSR count). The number of rotatable bonds is 4. The molecule has 0 saturated carbocycles. The van der Waals surface area contributed by atoms with Gasteiger partial charge in [-0.1, -0.05) is 13.8 Å².